The van der Waals surface area contributed by atoms with Crippen molar-refractivity contribution in [3.63, 3.8) is 0 Å². The van der Waals surface area contributed by atoms with Gasteiger partial charge in [0.05, 0.1) is 12.0 Å². The minimum atomic E-state index is -0.193. The molecule has 1 aromatic heterocycles. The molecule has 4 saturated carbocycles. The largest absolute Gasteiger partial charge is 0.326 e. The average molecular weight is 380 g/mol. The van der Waals surface area contributed by atoms with Gasteiger partial charge in [0.2, 0.25) is 5.91 Å². The lowest BCUT2D eigenvalue weighted by Crippen LogP contribution is -2.58. The molecule has 0 radical (unpaired) electrons. The zero-order chi connectivity index (χ0) is 19.6. The molecule has 6 heteroatoms. The van der Waals surface area contributed by atoms with Crippen LogP contribution in [0, 0.1) is 22.2 Å². The van der Waals surface area contributed by atoms with Gasteiger partial charge >= 0.3 is 0 Å². The summed E-state index contributed by atoms with van der Waals surface area (Å²) < 4.78 is 0. The van der Waals surface area contributed by atoms with Gasteiger partial charge in [0.25, 0.3) is 0 Å². The lowest BCUT2D eigenvalue weighted by atomic mass is 9.40. The van der Waals surface area contributed by atoms with Crippen LogP contribution in [0.1, 0.15) is 58.2 Å². The molecule has 2 aromatic rings. The van der Waals surface area contributed by atoms with E-state index in [4.69, 9.17) is 5.73 Å². The molecule has 1 amide bonds. The van der Waals surface area contributed by atoms with Crippen molar-refractivity contribution in [1.29, 1.82) is 0 Å². The summed E-state index contributed by atoms with van der Waals surface area (Å²) in [7, 11) is 0. The molecular weight excluding hydrogens is 350 g/mol. The molecule has 6 nitrogen and oxygen atoms in total. The Morgan fingerprint density at radius 1 is 1.14 bits per heavy atom. The molecule has 4 aliphatic carbocycles. The first-order valence-corrected chi connectivity index (χ1v) is 10.3. The molecule has 0 aliphatic heterocycles. The lowest BCUT2D eigenvalue weighted by Gasteiger charge is -2.64. The normalized spacial score (nSPS) is 35.9. The quantitative estimate of drug-likeness (QED) is 0.751. The fourth-order valence-electron chi connectivity index (χ4n) is 7.18. The van der Waals surface area contributed by atoms with E-state index >= 15 is 0 Å². The second kappa shape index (κ2) is 5.89. The number of carbonyl (C=O) groups is 1. The summed E-state index contributed by atoms with van der Waals surface area (Å²) in [4.78, 5) is 17.7. The van der Waals surface area contributed by atoms with E-state index in [2.05, 4.69) is 34.3 Å². The highest BCUT2D eigenvalue weighted by Crippen LogP contribution is 2.69. The van der Waals surface area contributed by atoms with Gasteiger partial charge in [-0.15, -0.1) is 0 Å². The third kappa shape index (κ3) is 2.85. The number of hydrogen-bond donors (Lipinski definition) is 3. The Kier molecular flexibility index (Phi) is 3.76. The van der Waals surface area contributed by atoms with Gasteiger partial charge in [-0.05, 0) is 79.5 Å². The topological polar surface area (TPSA) is 96.7 Å². The van der Waals surface area contributed by atoms with Crippen molar-refractivity contribution >= 4 is 11.6 Å². The number of anilines is 1. The number of hydrogen-bond acceptors (Lipinski definition) is 4. The number of H-pyrrole nitrogens is 1. The molecule has 4 fully saturated rings. The molecule has 1 aromatic carbocycles. The molecular formula is C22H29N5O. The van der Waals surface area contributed by atoms with E-state index in [1.54, 1.807) is 0 Å². The predicted molar refractivity (Wildman–Crippen MR) is 108 cm³/mol. The summed E-state index contributed by atoms with van der Waals surface area (Å²) in [5.41, 5.74) is 7.81. The SMILES string of the molecule is CC12CC3CC(C)(C1)CC(C(=O)Nc1ccc(-c4n[nH]c(CN)n4)cc1)(C3)C2. The van der Waals surface area contributed by atoms with Crippen LogP contribution in [0.15, 0.2) is 24.3 Å². The van der Waals surface area contributed by atoms with Gasteiger partial charge in [0, 0.05) is 11.3 Å². The first-order chi connectivity index (χ1) is 13.3. The van der Waals surface area contributed by atoms with Crippen molar-refractivity contribution in [1.82, 2.24) is 15.2 Å². The average Bonchev–Trinajstić information content (AvgIpc) is 3.08. The van der Waals surface area contributed by atoms with E-state index in [-0.39, 0.29) is 11.3 Å². The van der Waals surface area contributed by atoms with E-state index in [1.165, 1.54) is 19.3 Å². The number of aromatic amines is 1. The number of nitrogens with two attached hydrogens (primary N) is 1. The number of rotatable bonds is 4. The summed E-state index contributed by atoms with van der Waals surface area (Å²) in [6, 6.07) is 7.77. The summed E-state index contributed by atoms with van der Waals surface area (Å²) in [6.45, 7) is 5.14. The van der Waals surface area contributed by atoms with E-state index < -0.39 is 0 Å². The van der Waals surface area contributed by atoms with Crippen LogP contribution < -0.4 is 11.1 Å². The number of benzene rings is 1. The van der Waals surface area contributed by atoms with Crippen molar-refractivity contribution in [2.24, 2.45) is 27.9 Å². The maximum atomic E-state index is 13.4. The molecule has 2 unspecified atom stereocenters. The molecule has 1 heterocycles. The summed E-state index contributed by atoms with van der Waals surface area (Å²) in [5.74, 6) is 2.21. The van der Waals surface area contributed by atoms with Gasteiger partial charge in [-0.25, -0.2) is 4.98 Å². The summed E-state index contributed by atoms with van der Waals surface area (Å²) in [5, 5.41) is 10.2. The highest BCUT2D eigenvalue weighted by Gasteiger charge is 2.62. The van der Waals surface area contributed by atoms with Gasteiger partial charge in [0.15, 0.2) is 5.82 Å². The smallest absolute Gasteiger partial charge is 0.230 e. The van der Waals surface area contributed by atoms with Crippen LogP contribution in [0.2, 0.25) is 0 Å². The van der Waals surface area contributed by atoms with Crippen LogP contribution in [0.3, 0.4) is 0 Å². The third-order valence-electron chi connectivity index (χ3n) is 7.23. The molecule has 4 bridgehead atoms. The lowest BCUT2D eigenvalue weighted by molar-refractivity contribution is -0.165. The Morgan fingerprint density at radius 2 is 1.82 bits per heavy atom. The molecule has 6 rings (SSSR count). The Bertz CT molecular complexity index is 899. The van der Waals surface area contributed by atoms with E-state index in [0.717, 1.165) is 30.5 Å². The highest BCUT2D eigenvalue weighted by molar-refractivity contribution is 5.96. The van der Waals surface area contributed by atoms with Crippen molar-refractivity contribution < 1.29 is 4.79 Å². The maximum absolute atomic E-state index is 13.4. The molecule has 4 aliphatic rings. The minimum absolute atomic E-state index is 0.193. The fraction of sp³-hybridized carbons (Fsp3) is 0.591. The minimum Gasteiger partial charge on any atom is -0.326 e. The van der Waals surface area contributed by atoms with Crippen molar-refractivity contribution in [2.45, 2.75) is 58.9 Å². The first kappa shape index (κ1) is 17.9. The first-order valence-electron chi connectivity index (χ1n) is 10.3. The van der Waals surface area contributed by atoms with E-state index in [9.17, 15) is 4.79 Å². The third-order valence-corrected chi connectivity index (χ3v) is 7.23. The predicted octanol–water partition coefficient (Wildman–Crippen LogP) is 3.87. The molecule has 148 valence electrons. The zero-order valence-corrected chi connectivity index (χ0v) is 16.7. The zero-order valence-electron chi connectivity index (χ0n) is 16.7. The summed E-state index contributed by atoms with van der Waals surface area (Å²) >= 11 is 0. The monoisotopic (exact) mass is 379 g/mol. The number of nitrogens with zero attached hydrogens (tertiary/aromatic N) is 2. The van der Waals surface area contributed by atoms with Crippen LogP contribution in [-0.2, 0) is 11.3 Å². The van der Waals surface area contributed by atoms with Crippen LogP contribution in [0.25, 0.3) is 11.4 Å². The van der Waals surface area contributed by atoms with Gasteiger partial charge in [-0.2, -0.15) is 5.10 Å². The van der Waals surface area contributed by atoms with Gasteiger partial charge in [-0.1, -0.05) is 13.8 Å². The molecule has 28 heavy (non-hydrogen) atoms. The summed E-state index contributed by atoms with van der Waals surface area (Å²) in [6.07, 6.45) is 7.01. The van der Waals surface area contributed by atoms with Crippen LogP contribution in [0.4, 0.5) is 5.69 Å². The number of aromatic nitrogens is 3. The van der Waals surface area contributed by atoms with Crippen LogP contribution in [0.5, 0.6) is 0 Å². The standard InChI is InChI=1S/C22H29N5O/c1-20-7-14-8-21(2,11-20)13-22(9-14,12-20)19(28)24-16-5-3-15(4-6-16)18-25-17(10-23)26-27-18/h3-6,14H,7-13,23H2,1-2H3,(H,24,28)(H,25,26,27). The van der Waals surface area contributed by atoms with Gasteiger partial charge in [-0.3, -0.25) is 9.89 Å². The second-order valence-electron chi connectivity index (χ2n) is 10.3. The van der Waals surface area contributed by atoms with E-state index in [1.807, 2.05) is 24.3 Å². The van der Waals surface area contributed by atoms with E-state index in [0.29, 0.717) is 34.9 Å². The van der Waals surface area contributed by atoms with Crippen molar-refractivity contribution in [3.05, 3.63) is 30.1 Å². The Morgan fingerprint density at radius 3 is 2.39 bits per heavy atom. The second-order valence-corrected chi connectivity index (χ2v) is 10.3. The van der Waals surface area contributed by atoms with Crippen LogP contribution in [-0.4, -0.2) is 21.1 Å². The number of carbonyl (C=O) groups excluding carboxylic acids is 1. The van der Waals surface area contributed by atoms with Crippen molar-refractivity contribution in [3.8, 4) is 11.4 Å². The Labute approximate surface area is 165 Å². The van der Waals surface area contributed by atoms with Gasteiger partial charge in [0.1, 0.15) is 5.82 Å². The highest BCUT2D eigenvalue weighted by atomic mass is 16.2. The molecule has 4 N–H and O–H groups in total. The van der Waals surface area contributed by atoms with Crippen molar-refractivity contribution in [2.75, 3.05) is 5.32 Å². The number of nitrogens with one attached hydrogen (secondary N) is 2. The fourth-order valence-corrected chi connectivity index (χ4v) is 7.18. The molecule has 0 spiro atoms. The number of amides is 1. The van der Waals surface area contributed by atoms with Crippen LogP contribution >= 0.6 is 0 Å². The Balaban J connectivity index is 1.34. The molecule has 2 atom stereocenters. The van der Waals surface area contributed by atoms with Gasteiger partial charge < -0.3 is 11.1 Å². The maximum Gasteiger partial charge on any atom is 0.230 e. The molecule has 0 saturated heterocycles. The Hall–Kier alpha value is -2.21.